The molecule has 0 radical (unpaired) electrons. The molecular weight excluding hydrogens is 292 g/mol. The first-order chi connectivity index (χ1) is 10.1. The Morgan fingerprint density at radius 2 is 1.90 bits per heavy atom. The second kappa shape index (κ2) is 5.61. The molecule has 2 heterocycles. The molecule has 0 N–H and O–H groups in total. The van der Waals surface area contributed by atoms with Crippen LogP contribution in [0.4, 0.5) is 0 Å². The normalized spacial score (nSPS) is 17.1. The molecule has 6 heteroatoms. The van der Waals surface area contributed by atoms with Crippen molar-refractivity contribution in [3.05, 3.63) is 36.1 Å². The van der Waals surface area contributed by atoms with Crippen molar-refractivity contribution in [1.82, 2.24) is 0 Å². The lowest BCUT2D eigenvalue weighted by Gasteiger charge is -2.21. The summed E-state index contributed by atoms with van der Waals surface area (Å²) < 4.78 is 35.1. The number of Topliss-reactive ketones (excluding diaryl/α,β-unsaturated/α-hetero) is 1. The first-order valence-corrected chi connectivity index (χ1v) is 8.59. The second-order valence-corrected chi connectivity index (χ2v) is 7.47. The van der Waals surface area contributed by atoms with Gasteiger partial charge in [-0.2, -0.15) is 0 Å². The molecule has 1 saturated heterocycles. The first-order valence-electron chi connectivity index (χ1n) is 6.87. The van der Waals surface area contributed by atoms with E-state index in [0.717, 1.165) is 5.39 Å². The van der Waals surface area contributed by atoms with Gasteiger partial charge in [0.15, 0.2) is 15.6 Å². The summed E-state index contributed by atoms with van der Waals surface area (Å²) in [5, 5.41) is 0.309. The van der Waals surface area contributed by atoms with E-state index in [4.69, 9.17) is 9.15 Å². The molecule has 1 aliphatic heterocycles. The quantitative estimate of drug-likeness (QED) is 0.810. The summed E-state index contributed by atoms with van der Waals surface area (Å²) in [6, 6.07) is 8.81. The lowest BCUT2D eigenvalue weighted by Crippen LogP contribution is -2.33. The standard InChI is InChI=1S/C15H16O5S/c16-13(10-21(17,18)12-5-7-19-8-6-12)15-9-11-3-1-2-4-14(11)20-15/h1-4,9,12H,5-8,10H2. The number of ketones is 1. The van der Waals surface area contributed by atoms with Crippen molar-refractivity contribution in [3.63, 3.8) is 0 Å². The maximum Gasteiger partial charge on any atom is 0.213 e. The van der Waals surface area contributed by atoms with Crippen LogP contribution in [0.3, 0.4) is 0 Å². The number of hydrogen-bond donors (Lipinski definition) is 0. The minimum atomic E-state index is -3.46. The van der Waals surface area contributed by atoms with Crippen LogP contribution in [0, 0.1) is 0 Å². The topological polar surface area (TPSA) is 73.6 Å². The van der Waals surface area contributed by atoms with Crippen molar-refractivity contribution < 1.29 is 22.4 Å². The molecule has 0 spiro atoms. The first kappa shape index (κ1) is 14.3. The van der Waals surface area contributed by atoms with Gasteiger partial charge < -0.3 is 9.15 Å². The van der Waals surface area contributed by atoms with Gasteiger partial charge in [0.25, 0.3) is 0 Å². The number of sulfone groups is 1. The number of ether oxygens (including phenoxy) is 1. The highest BCUT2D eigenvalue weighted by Gasteiger charge is 2.31. The third-order valence-corrected chi connectivity index (χ3v) is 5.86. The summed E-state index contributed by atoms with van der Waals surface area (Å²) >= 11 is 0. The average Bonchev–Trinajstić information content (AvgIpc) is 2.92. The highest BCUT2D eigenvalue weighted by atomic mass is 32.2. The Morgan fingerprint density at radius 3 is 2.62 bits per heavy atom. The lowest BCUT2D eigenvalue weighted by molar-refractivity contribution is 0.0963. The van der Waals surface area contributed by atoms with Crippen LogP contribution in [0.25, 0.3) is 11.0 Å². The molecule has 0 aliphatic carbocycles. The predicted molar refractivity (Wildman–Crippen MR) is 78.2 cm³/mol. The second-order valence-electron chi connectivity index (χ2n) is 5.19. The number of rotatable bonds is 4. The molecule has 0 unspecified atom stereocenters. The lowest BCUT2D eigenvalue weighted by atomic mass is 10.2. The zero-order chi connectivity index (χ0) is 14.9. The van der Waals surface area contributed by atoms with Crippen LogP contribution in [0.1, 0.15) is 23.4 Å². The van der Waals surface area contributed by atoms with Gasteiger partial charge in [0.05, 0.1) is 5.25 Å². The highest BCUT2D eigenvalue weighted by Crippen LogP contribution is 2.21. The van der Waals surface area contributed by atoms with Crippen LogP contribution in [-0.2, 0) is 14.6 Å². The Kier molecular flexibility index (Phi) is 3.82. The van der Waals surface area contributed by atoms with Crippen LogP contribution < -0.4 is 0 Å². The molecule has 2 aromatic rings. The minimum absolute atomic E-state index is 0.104. The number of para-hydroxylation sites is 1. The van der Waals surface area contributed by atoms with Gasteiger partial charge in [-0.3, -0.25) is 4.79 Å². The Hall–Kier alpha value is -1.66. The Bertz CT molecular complexity index is 720. The van der Waals surface area contributed by atoms with E-state index in [2.05, 4.69) is 0 Å². The van der Waals surface area contributed by atoms with Crippen molar-refractivity contribution in [1.29, 1.82) is 0 Å². The third-order valence-electron chi connectivity index (χ3n) is 3.71. The van der Waals surface area contributed by atoms with E-state index in [1.54, 1.807) is 18.2 Å². The largest absolute Gasteiger partial charge is 0.453 e. The molecule has 1 fully saturated rings. The number of furan rings is 1. The maximum atomic E-state index is 12.3. The summed E-state index contributed by atoms with van der Waals surface area (Å²) in [5.41, 5.74) is 0.587. The van der Waals surface area contributed by atoms with Crippen LogP contribution in [0.2, 0.25) is 0 Å². The number of carbonyl (C=O) groups excluding carboxylic acids is 1. The summed E-state index contributed by atoms with van der Waals surface area (Å²) in [6.07, 6.45) is 0.908. The fraction of sp³-hybridized carbons (Fsp3) is 0.400. The number of hydrogen-bond acceptors (Lipinski definition) is 5. The monoisotopic (exact) mass is 308 g/mol. The van der Waals surface area contributed by atoms with Gasteiger partial charge in [-0.15, -0.1) is 0 Å². The minimum Gasteiger partial charge on any atom is -0.453 e. The van der Waals surface area contributed by atoms with Gasteiger partial charge in [0.2, 0.25) is 5.78 Å². The Morgan fingerprint density at radius 1 is 1.19 bits per heavy atom. The van der Waals surface area contributed by atoms with Crippen molar-refractivity contribution in [2.75, 3.05) is 19.0 Å². The van der Waals surface area contributed by atoms with Crippen LogP contribution in [0.15, 0.2) is 34.7 Å². The van der Waals surface area contributed by atoms with E-state index in [1.807, 2.05) is 12.1 Å². The molecule has 3 rings (SSSR count). The summed E-state index contributed by atoms with van der Waals surface area (Å²) in [6.45, 7) is 0.867. The highest BCUT2D eigenvalue weighted by molar-refractivity contribution is 7.92. The summed E-state index contributed by atoms with van der Waals surface area (Å²) in [4.78, 5) is 12.2. The fourth-order valence-electron chi connectivity index (χ4n) is 2.53. The van der Waals surface area contributed by atoms with Crippen LogP contribution >= 0.6 is 0 Å². The zero-order valence-corrected chi connectivity index (χ0v) is 12.3. The van der Waals surface area contributed by atoms with E-state index in [9.17, 15) is 13.2 Å². The molecule has 21 heavy (non-hydrogen) atoms. The smallest absolute Gasteiger partial charge is 0.213 e. The molecule has 1 aromatic heterocycles. The van der Waals surface area contributed by atoms with Crippen molar-refractivity contribution >= 4 is 26.6 Å². The SMILES string of the molecule is O=C(CS(=O)(=O)C1CCOCC1)c1cc2ccccc2o1. The molecule has 0 amide bonds. The number of carbonyl (C=O) groups is 1. The van der Waals surface area contributed by atoms with E-state index >= 15 is 0 Å². The molecular formula is C15H16O5S. The number of benzene rings is 1. The van der Waals surface area contributed by atoms with Gasteiger partial charge in [0, 0.05) is 18.6 Å². The van der Waals surface area contributed by atoms with Gasteiger partial charge in [0.1, 0.15) is 11.3 Å². The fourth-order valence-corrected chi connectivity index (χ4v) is 4.18. The van der Waals surface area contributed by atoms with Gasteiger partial charge in [-0.05, 0) is 25.0 Å². The van der Waals surface area contributed by atoms with Crippen LogP contribution in [-0.4, -0.2) is 38.4 Å². The molecule has 112 valence electrons. The molecule has 0 bridgehead atoms. The predicted octanol–water partition coefficient (Wildman–Crippen LogP) is 2.21. The number of fused-ring (bicyclic) bond motifs is 1. The van der Waals surface area contributed by atoms with Gasteiger partial charge in [-0.25, -0.2) is 8.42 Å². The van der Waals surface area contributed by atoms with E-state index in [1.165, 1.54) is 0 Å². The maximum absolute atomic E-state index is 12.3. The molecule has 1 aliphatic rings. The zero-order valence-electron chi connectivity index (χ0n) is 11.4. The van der Waals surface area contributed by atoms with Gasteiger partial charge >= 0.3 is 0 Å². The van der Waals surface area contributed by atoms with Gasteiger partial charge in [-0.1, -0.05) is 18.2 Å². The van der Waals surface area contributed by atoms with E-state index < -0.39 is 26.6 Å². The third kappa shape index (κ3) is 3.01. The molecule has 5 nitrogen and oxygen atoms in total. The van der Waals surface area contributed by atoms with E-state index in [0.29, 0.717) is 31.6 Å². The van der Waals surface area contributed by atoms with Crippen LogP contribution in [0.5, 0.6) is 0 Å². The van der Waals surface area contributed by atoms with Crippen molar-refractivity contribution in [2.24, 2.45) is 0 Å². The van der Waals surface area contributed by atoms with Crippen molar-refractivity contribution in [3.8, 4) is 0 Å². The average molecular weight is 308 g/mol. The summed E-state index contributed by atoms with van der Waals surface area (Å²) in [5.74, 6) is -0.887. The molecule has 1 aromatic carbocycles. The Balaban J connectivity index is 1.78. The van der Waals surface area contributed by atoms with E-state index in [-0.39, 0.29) is 5.76 Å². The van der Waals surface area contributed by atoms with Crippen molar-refractivity contribution in [2.45, 2.75) is 18.1 Å². The Labute approximate surface area is 122 Å². The molecule has 0 saturated carbocycles. The molecule has 0 atom stereocenters. The summed E-state index contributed by atoms with van der Waals surface area (Å²) in [7, 11) is -3.46.